The smallest absolute Gasteiger partial charge is 0.166 e. The first-order valence-electron chi connectivity index (χ1n) is 6.86. The standard InChI is InChI=1S/C15H19N3O/c1-11(2)15(19)12-5-6-17(8-12)9-14-7-16-10-18(14)13-3-4-13/h5-8,10-11,13H,3-4,9H2,1-2H3. The van der Waals surface area contributed by atoms with Crippen LogP contribution >= 0.6 is 0 Å². The molecule has 0 aliphatic heterocycles. The summed E-state index contributed by atoms with van der Waals surface area (Å²) in [4.78, 5) is 16.1. The van der Waals surface area contributed by atoms with Gasteiger partial charge in [-0.1, -0.05) is 13.8 Å². The van der Waals surface area contributed by atoms with E-state index in [0.29, 0.717) is 6.04 Å². The number of nitrogens with zero attached hydrogens (tertiary/aromatic N) is 3. The van der Waals surface area contributed by atoms with Gasteiger partial charge in [-0.15, -0.1) is 0 Å². The number of carbonyl (C=O) groups is 1. The second-order valence-electron chi connectivity index (χ2n) is 5.61. The van der Waals surface area contributed by atoms with Gasteiger partial charge in [0.2, 0.25) is 0 Å². The lowest BCUT2D eigenvalue weighted by molar-refractivity contribution is 0.0939. The number of aromatic nitrogens is 3. The molecule has 2 aromatic heterocycles. The van der Waals surface area contributed by atoms with Gasteiger partial charge in [-0.05, 0) is 18.9 Å². The van der Waals surface area contributed by atoms with E-state index in [1.165, 1.54) is 18.5 Å². The second-order valence-corrected chi connectivity index (χ2v) is 5.61. The molecular weight excluding hydrogens is 238 g/mol. The minimum atomic E-state index is 0.0489. The third-order valence-corrected chi connectivity index (χ3v) is 3.59. The summed E-state index contributed by atoms with van der Waals surface area (Å²) in [6.07, 6.45) is 10.3. The van der Waals surface area contributed by atoms with Gasteiger partial charge < -0.3 is 9.13 Å². The maximum absolute atomic E-state index is 11.9. The predicted molar refractivity (Wildman–Crippen MR) is 73.2 cm³/mol. The maximum atomic E-state index is 11.9. The minimum absolute atomic E-state index is 0.0489. The fourth-order valence-electron chi connectivity index (χ4n) is 2.34. The molecule has 0 unspecified atom stereocenters. The molecule has 1 aliphatic rings. The molecule has 0 radical (unpaired) electrons. The third kappa shape index (κ3) is 2.48. The first-order chi connectivity index (χ1) is 9.15. The summed E-state index contributed by atoms with van der Waals surface area (Å²) in [5, 5.41) is 0. The Kier molecular flexibility index (Phi) is 3.01. The lowest BCUT2D eigenvalue weighted by Crippen LogP contribution is -2.07. The van der Waals surface area contributed by atoms with E-state index < -0.39 is 0 Å². The fraction of sp³-hybridized carbons (Fsp3) is 0.467. The molecule has 0 amide bonds. The van der Waals surface area contributed by atoms with E-state index in [1.54, 1.807) is 0 Å². The topological polar surface area (TPSA) is 39.8 Å². The number of hydrogen-bond acceptors (Lipinski definition) is 2. The fourth-order valence-corrected chi connectivity index (χ4v) is 2.34. The van der Waals surface area contributed by atoms with Crippen molar-refractivity contribution in [3.8, 4) is 0 Å². The first-order valence-corrected chi connectivity index (χ1v) is 6.86. The minimum Gasteiger partial charge on any atom is -0.348 e. The lowest BCUT2D eigenvalue weighted by atomic mass is 10.0. The second kappa shape index (κ2) is 4.68. The van der Waals surface area contributed by atoms with Gasteiger partial charge in [-0.3, -0.25) is 4.79 Å². The molecule has 4 heteroatoms. The number of rotatable bonds is 5. The molecule has 19 heavy (non-hydrogen) atoms. The molecule has 4 nitrogen and oxygen atoms in total. The van der Waals surface area contributed by atoms with E-state index in [9.17, 15) is 4.79 Å². The zero-order chi connectivity index (χ0) is 13.4. The van der Waals surface area contributed by atoms with Gasteiger partial charge in [0, 0.05) is 36.1 Å². The summed E-state index contributed by atoms with van der Waals surface area (Å²) < 4.78 is 4.31. The van der Waals surface area contributed by atoms with Crippen LogP contribution in [0, 0.1) is 5.92 Å². The highest BCUT2D eigenvalue weighted by atomic mass is 16.1. The van der Waals surface area contributed by atoms with Crippen LogP contribution < -0.4 is 0 Å². The summed E-state index contributed by atoms with van der Waals surface area (Å²) in [6.45, 7) is 4.64. The van der Waals surface area contributed by atoms with Crippen molar-refractivity contribution in [1.82, 2.24) is 14.1 Å². The van der Waals surface area contributed by atoms with E-state index in [2.05, 4.69) is 14.1 Å². The number of ketones is 1. The number of carbonyl (C=O) groups excluding carboxylic acids is 1. The van der Waals surface area contributed by atoms with Gasteiger partial charge in [-0.2, -0.15) is 0 Å². The quantitative estimate of drug-likeness (QED) is 0.773. The van der Waals surface area contributed by atoms with Crippen LogP contribution in [0.25, 0.3) is 0 Å². The molecule has 0 saturated heterocycles. The largest absolute Gasteiger partial charge is 0.348 e. The molecule has 0 N–H and O–H groups in total. The molecule has 0 atom stereocenters. The normalized spacial score (nSPS) is 15.1. The molecule has 3 rings (SSSR count). The van der Waals surface area contributed by atoms with Crippen LogP contribution in [0.3, 0.4) is 0 Å². The lowest BCUT2D eigenvalue weighted by Gasteiger charge is -2.07. The Morgan fingerprint density at radius 1 is 1.47 bits per heavy atom. The van der Waals surface area contributed by atoms with Crippen LogP contribution in [-0.2, 0) is 6.54 Å². The molecule has 2 heterocycles. The zero-order valence-corrected chi connectivity index (χ0v) is 11.4. The SMILES string of the molecule is CC(C)C(=O)c1ccn(Cc2cncn2C2CC2)c1. The summed E-state index contributed by atoms with van der Waals surface area (Å²) in [6, 6.07) is 2.55. The number of hydrogen-bond donors (Lipinski definition) is 0. The van der Waals surface area contributed by atoms with E-state index in [4.69, 9.17) is 0 Å². The van der Waals surface area contributed by atoms with Crippen molar-refractivity contribution in [2.75, 3.05) is 0 Å². The van der Waals surface area contributed by atoms with Gasteiger partial charge in [0.1, 0.15) is 0 Å². The van der Waals surface area contributed by atoms with E-state index in [-0.39, 0.29) is 11.7 Å². The number of Topliss-reactive ketones (excluding diaryl/α,β-unsaturated/α-hetero) is 1. The summed E-state index contributed by atoms with van der Waals surface area (Å²) in [5.41, 5.74) is 2.01. The van der Waals surface area contributed by atoms with Crippen molar-refractivity contribution in [3.05, 3.63) is 42.2 Å². The molecular formula is C15H19N3O. The monoisotopic (exact) mass is 257 g/mol. The maximum Gasteiger partial charge on any atom is 0.166 e. The average Bonchev–Trinajstić information content (AvgIpc) is 2.95. The predicted octanol–water partition coefficient (Wildman–Crippen LogP) is 2.91. The van der Waals surface area contributed by atoms with Crippen LogP contribution in [-0.4, -0.2) is 19.9 Å². The average molecular weight is 257 g/mol. The highest BCUT2D eigenvalue weighted by molar-refractivity contribution is 5.97. The summed E-state index contributed by atoms with van der Waals surface area (Å²) >= 11 is 0. The first kappa shape index (κ1) is 12.2. The number of imidazole rings is 1. The van der Waals surface area contributed by atoms with Gasteiger partial charge in [0.05, 0.1) is 18.6 Å². The third-order valence-electron chi connectivity index (χ3n) is 3.59. The molecule has 0 spiro atoms. The van der Waals surface area contributed by atoms with Crippen molar-refractivity contribution >= 4 is 5.78 Å². The Bertz CT molecular complexity index is 590. The van der Waals surface area contributed by atoms with Crippen molar-refractivity contribution < 1.29 is 4.79 Å². The molecule has 1 aliphatic carbocycles. The molecule has 1 fully saturated rings. The highest BCUT2D eigenvalue weighted by Gasteiger charge is 2.25. The Balaban J connectivity index is 1.76. The van der Waals surface area contributed by atoms with Crippen LogP contribution in [0.4, 0.5) is 0 Å². The van der Waals surface area contributed by atoms with Crippen molar-refractivity contribution in [1.29, 1.82) is 0 Å². The van der Waals surface area contributed by atoms with Crippen LogP contribution in [0.2, 0.25) is 0 Å². The Hall–Kier alpha value is -1.84. The zero-order valence-electron chi connectivity index (χ0n) is 11.4. The van der Waals surface area contributed by atoms with Crippen molar-refractivity contribution in [2.24, 2.45) is 5.92 Å². The molecule has 0 bridgehead atoms. The molecule has 0 aromatic carbocycles. The van der Waals surface area contributed by atoms with Gasteiger partial charge in [0.15, 0.2) is 5.78 Å². The van der Waals surface area contributed by atoms with Crippen LogP contribution in [0.1, 0.15) is 48.8 Å². The molecule has 2 aromatic rings. The molecule has 100 valence electrons. The summed E-state index contributed by atoms with van der Waals surface area (Å²) in [7, 11) is 0. The Morgan fingerprint density at radius 2 is 2.26 bits per heavy atom. The highest BCUT2D eigenvalue weighted by Crippen LogP contribution is 2.35. The van der Waals surface area contributed by atoms with E-state index in [0.717, 1.165) is 12.1 Å². The summed E-state index contributed by atoms with van der Waals surface area (Å²) in [5.74, 6) is 0.252. The van der Waals surface area contributed by atoms with Crippen LogP contribution in [0.5, 0.6) is 0 Å². The Morgan fingerprint density at radius 3 is 2.95 bits per heavy atom. The van der Waals surface area contributed by atoms with Gasteiger partial charge >= 0.3 is 0 Å². The van der Waals surface area contributed by atoms with E-state index in [1.807, 2.05) is 44.8 Å². The van der Waals surface area contributed by atoms with Crippen LogP contribution in [0.15, 0.2) is 31.0 Å². The van der Waals surface area contributed by atoms with Crippen molar-refractivity contribution in [3.63, 3.8) is 0 Å². The van der Waals surface area contributed by atoms with Gasteiger partial charge in [-0.25, -0.2) is 4.98 Å². The Labute approximate surface area is 113 Å². The van der Waals surface area contributed by atoms with Crippen molar-refractivity contribution in [2.45, 2.75) is 39.3 Å². The van der Waals surface area contributed by atoms with Gasteiger partial charge in [0.25, 0.3) is 0 Å². The molecule has 1 saturated carbocycles. The van der Waals surface area contributed by atoms with E-state index >= 15 is 0 Å².